The molecule has 1 aromatic carbocycles. The van der Waals surface area contributed by atoms with Crippen molar-refractivity contribution in [3.8, 4) is 0 Å². The Hall–Kier alpha value is -2.32. The van der Waals surface area contributed by atoms with E-state index in [0.717, 1.165) is 17.6 Å². The third-order valence-electron chi connectivity index (χ3n) is 5.32. The maximum Gasteiger partial charge on any atom is 0.319 e. The Morgan fingerprint density at radius 1 is 1.19 bits per heavy atom. The second kappa shape index (κ2) is 9.87. The van der Waals surface area contributed by atoms with Crippen molar-refractivity contribution in [1.29, 1.82) is 0 Å². The smallest absolute Gasteiger partial charge is 0.319 e. The Kier molecular flexibility index (Phi) is 7.43. The first-order valence-corrected chi connectivity index (χ1v) is 11.6. The first kappa shape index (κ1) is 23.3. The molecule has 3 amide bonds. The molecule has 0 spiro atoms. The van der Waals surface area contributed by atoms with Crippen LogP contribution in [0.5, 0.6) is 0 Å². The summed E-state index contributed by atoms with van der Waals surface area (Å²) in [4.78, 5) is 33.5. The number of anilines is 1. The normalized spacial score (nSPS) is 16.8. The van der Waals surface area contributed by atoms with E-state index in [1.165, 1.54) is 0 Å². The molecule has 1 aliphatic heterocycles. The summed E-state index contributed by atoms with van der Waals surface area (Å²) in [6.07, 6.45) is 3.63. The molecule has 1 saturated heterocycles. The Labute approximate surface area is 192 Å². The molecule has 0 bridgehead atoms. The van der Waals surface area contributed by atoms with Gasteiger partial charge in [0.2, 0.25) is 5.91 Å². The zero-order valence-electron chi connectivity index (χ0n) is 18.4. The van der Waals surface area contributed by atoms with E-state index in [4.69, 9.17) is 16.6 Å². The molecule has 31 heavy (non-hydrogen) atoms. The zero-order chi connectivity index (χ0) is 22.6. The monoisotopic (exact) mass is 463 g/mol. The van der Waals surface area contributed by atoms with Crippen LogP contribution >= 0.6 is 22.9 Å². The number of hydrogen-bond donors (Lipinski definition) is 2. The second-order valence-corrected chi connectivity index (χ2v) is 10.2. The van der Waals surface area contributed by atoms with Crippen LogP contribution in [-0.4, -0.2) is 46.6 Å². The van der Waals surface area contributed by atoms with E-state index in [0.29, 0.717) is 23.8 Å². The molecule has 9 heteroatoms. The minimum Gasteiger partial charge on any atom is -0.341 e. The first-order valence-electron chi connectivity index (χ1n) is 10.4. The van der Waals surface area contributed by atoms with Gasteiger partial charge in [-0.3, -0.25) is 9.79 Å². The average Bonchev–Trinajstić information content (AvgIpc) is 3.11. The van der Waals surface area contributed by atoms with Crippen molar-refractivity contribution in [1.82, 2.24) is 14.8 Å². The maximum absolute atomic E-state index is 13.3. The zero-order valence-corrected chi connectivity index (χ0v) is 20.0. The number of likely N-dealkylation sites (tertiary alicyclic amines) is 1. The van der Waals surface area contributed by atoms with Gasteiger partial charge in [-0.1, -0.05) is 32.4 Å². The van der Waals surface area contributed by atoms with E-state index in [1.807, 2.05) is 48.9 Å². The minimum atomic E-state index is -0.636. The second-order valence-electron chi connectivity index (χ2n) is 8.89. The summed E-state index contributed by atoms with van der Waals surface area (Å²) in [5.74, 6) is -0.0566. The van der Waals surface area contributed by atoms with Crippen LogP contribution in [0.25, 0.3) is 0 Å². The average molecular weight is 464 g/mol. The summed E-state index contributed by atoms with van der Waals surface area (Å²) in [5, 5.41) is 8.26. The molecule has 0 unspecified atom stereocenters. The number of aromatic nitrogens is 1. The van der Waals surface area contributed by atoms with Crippen LogP contribution in [0.2, 0.25) is 5.02 Å². The molecule has 168 valence electrons. The van der Waals surface area contributed by atoms with Crippen molar-refractivity contribution in [3.05, 3.63) is 45.7 Å². The molecule has 0 saturated carbocycles. The van der Waals surface area contributed by atoms with Gasteiger partial charge >= 0.3 is 6.03 Å². The molecule has 0 aliphatic carbocycles. The van der Waals surface area contributed by atoms with Gasteiger partial charge in [0.25, 0.3) is 0 Å². The van der Waals surface area contributed by atoms with Gasteiger partial charge in [0.1, 0.15) is 6.04 Å². The minimum absolute atomic E-state index is 0.0566. The van der Waals surface area contributed by atoms with Gasteiger partial charge in [-0.15, -0.1) is 11.3 Å². The number of benzene rings is 1. The number of nitrogens with zero attached hydrogens (tertiary/aromatic N) is 3. The van der Waals surface area contributed by atoms with Gasteiger partial charge in [0.15, 0.2) is 4.80 Å². The van der Waals surface area contributed by atoms with E-state index >= 15 is 0 Å². The molecule has 7 nitrogen and oxygen atoms in total. The van der Waals surface area contributed by atoms with E-state index < -0.39 is 17.5 Å². The highest BCUT2D eigenvalue weighted by Crippen LogP contribution is 2.24. The number of amides is 3. The van der Waals surface area contributed by atoms with E-state index in [-0.39, 0.29) is 11.9 Å². The lowest BCUT2D eigenvalue weighted by Gasteiger charge is -2.37. The predicted octanol–water partition coefficient (Wildman–Crippen LogP) is 3.87. The highest BCUT2D eigenvalue weighted by Gasteiger charge is 2.37. The molecule has 1 aromatic heterocycles. The SMILES string of the molecule is Cn1ccsc1=NC1CCN(C(=O)[C@H](NC(=O)Nc2ccc(Cl)cc2)C(C)(C)C)CC1. The Morgan fingerprint density at radius 3 is 2.39 bits per heavy atom. The van der Waals surface area contributed by atoms with Crippen molar-refractivity contribution in [3.63, 3.8) is 0 Å². The highest BCUT2D eigenvalue weighted by atomic mass is 35.5. The number of rotatable bonds is 4. The summed E-state index contributed by atoms with van der Waals surface area (Å²) in [5.41, 5.74) is 0.187. The molecular weight excluding hydrogens is 434 g/mol. The van der Waals surface area contributed by atoms with Crippen molar-refractivity contribution in [2.45, 2.75) is 45.7 Å². The standard InChI is InChI=1S/C22H30ClN5O2S/c1-22(2,3)18(26-20(30)24-16-7-5-15(23)6-8-16)19(29)28-11-9-17(10-12-28)25-21-27(4)13-14-31-21/h5-8,13-14,17-18H,9-12H2,1-4H3,(H2,24,26,30)/t18-/m0/s1. The van der Waals surface area contributed by atoms with Crippen LogP contribution in [0.3, 0.4) is 0 Å². The van der Waals surface area contributed by atoms with Crippen LogP contribution in [0, 0.1) is 5.41 Å². The van der Waals surface area contributed by atoms with Crippen LogP contribution in [0.15, 0.2) is 40.8 Å². The lowest BCUT2D eigenvalue weighted by molar-refractivity contribution is -0.136. The van der Waals surface area contributed by atoms with Crippen LogP contribution in [0.4, 0.5) is 10.5 Å². The number of thiazole rings is 1. The fourth-order valence-electron chi connectivity index (χ4n) is 3.49. The molecule has 2 heterocycles. The van der Waals surface area contributed by atoms with Crippen LogP contribution in [0.1, 0.15) is 33.6 Å². The number of halogens is 1. The summed E-state index contributed by atoms with van der Waals surface area (Å²) < 4.78 is 2.01. The summed E-state index contributed by atoms with van der Waals surface area (Å²) >= 11 is 7.51. The molecule has 0 radical (unpaired) electrons. The van der Waals surface area contributed by atoms with Crippen LogP contribution in [-0.2, 0) is 11.8 Å². The largest absolute Gasteiger partial charge is 0.341 e. The number of piperidine rings is 1. The third-order valence-corrected chi connectivity index (χ3v) is 6.43. The number of carbonyl (C=O) groups excluding carboxylic acids is 2. The summed E-state index contributed by atoms with van der Waals surface area (Å²) in [6, 6.07) is 6.01. The summed E-state index contributed by atoms with van der Waals surface area (Å²) in [6.45, 7) is 7.13. The number of carbonyl (C=O) groups is 2. The quantitative estimate of drug-likeness (QED) is 0.721. The molecule has 1 atom stereocenters. The molecule has 3 rings (SSSR count). The first-order chi connectivity index (χ1) is 14.6. The van der Waals surface area contributed by atoms with Gasteiger partial charge in [-0.05, 0) is 42.5 Å². The van der Waals surface area contributed by atoms with E-state index in [9.17, 15) is 9.59 Å². The lowest BCUT2D eigenvalue weighted by atomic mass is 9.85. The van der Waals surface area contributed by atoms with Crippen molar-refractivity contribution in [2.24, 2.45) is 17.5 Å². The van der Waals surface area contributed by atoms with Crippen molar-refractivity contribution >= 4 is 40.6 Å². The highest BCUT2D eigenvalue weighted by molar-refractivity contribution is 7.07. The summed E-state index contributed by atoms with van der Waals surface area (Å²) in [7, 11) is 1.99. The van der Waals surface area contributed by atoms with E-state index in [1.54, 1.807) is 35.6 Å². The predicted molar refractivity (Wildman–Crippen MR) is 125 cm³/mol. The van der Waals surface area contributed by atoms with E-state index in [2.05, 4.69) is 10.6 Å². The topological polar surface area (TPSA) is 78.7 Å². The Morgan fingerprint density at radius 2 is 1.84 bits per heavy atom. The molecule has 2 N–H and O–H groups in total. The lowest BCUT2D eigenvalue weighted by Crippen LogP contribution is -2.57. The van der Waals surface area contributed by atoms with Gasteiger partial charge < -0.3 is 20.1 Å². The van der Waals surface area contributed by atoms with Crippen LogP contribution < -0.4 is 15.4 Å². The maximum atomic E-state index is 13.3. The van der Waals surface area contributed by atoms with Gasteiger partial charge in [-0.25, -0.2) is 4.79 Å². The Balaban J connectivity index is 1.62. The molecule has 1 fully saturated rings. The number of hydrogen-bond acceptors (Lipinski definition) is 4. The number of nitrogens with one attached hydrogen (secondary N) is 2. The third kappa shape index (κ3) is 6.33. The number of urea groups is 1. The van der Waals surface area contributed by atoms with Gasteiger partial charge in [0, 0.05) is 42.4 Å². The van der Waals surface area contributed by atoms with Gasteiger partial charge in [-0.2, -0.15) is 0 Å². The van der Waals surface area contributed by atoms with Crippen molar-refractivity contribution in [2.75, 3.05) is 18.4 Å². The fraction of sp³-hybridized carbons (Fsp3) is 0.500. The number of aryl methyl sites for hydroxylation is 1. The van der Waals surface area contributed by atoms with Gasteiger partial charge in [0.05, 0.1) is 6.04 Å². The molecule has 1 aliphatic rings. The fourth-order valence-corrected chi connectivity index (χ4v) is 4.41. The molecule has 2 aromatic rings. The Bertz CT molecular complexity index is 969. The molecular formula is C22H30ClN5O2S. The van der Waals surface area contributed by atoms with Crippen molar-refractivity contribution < 1.29 is 9.59 Å².